The van der Waals surface area contributed by atoms with Gasteiger partial charge in [0.2, 0.25) is 0 Å². The minimum atomic E-state index is -0.691. The van der Waals surface area contributed by atoms with Crippen molar-refractivity contribution in [2.24, 2.45) is 0 Å². The molecule has 21 heavy (non-hydrogen) atoms. The average Bonchev–Trinajstić information content (AvgIpc) is 2.48. The van der Waals surface area contributed by atoms with Crippen LogP contribution in [0, 0.1) is 0 Å². The molecule has 5 nitrogen and oxygen atoms in total. The summed E-state index contributed by atoms with van der Waals surface area (Å²) in [4.78, 5) is 23.6. The van der Waals surface area contributed by atoms with Crippen LogP contribution in [0.2, 0.25) is 0 Å². The average molecular weight is 291 g/mol. The number of hydrogen-bond donors (Lipinski definition) is 1. The molecule has 0 unspecified atom stereocenters. The van der Waals surface area contributed by atoms with Crippen LogP contribution in [-0.4, -0.2) is 25.2 Å². The summed E-state index contributed by atoms with van der Waals surface area (Å²) < 4.78 is 9.72. The molecule has 5 heteroatoms. The van der Waals surface area contributed by atoms with Gasteiger partial charge in [0.15, 0.2) is 5.57 Å². The molecule has 1 N–H and O–H groups in total. The van der Waals surface area contributed by atoms with Crippen molar-refractivity contribution >= 4 is 11.9 Å². The highest BCUT2D eigenvalue weighted by molar-refractivity contribution is 6.13. The first-order chi connectivity index (χ1) is 10.1. The Morgan fingerprint density at radius 1 is 1.10 bits per heavy atom. The molecule has 0 aliphatic carbocycles. The molecule has 0 aliphatic heterocycles. The predicted molar refractivity (Wildman–Crippen MR) is 79.3 cm³/mol. The van der Waals surface area contributed by atoms with Crippen molar-refractivity contribution in [2.45, 2.75) is 26.8 Å². The van der Waals surface area contributed by atoms with E-state index in [0.29, 0.717) is 0 Å². The first kappa shape index (κ1) is 16.8. The molecule has 1 aromatic rings. The third-order valence-electron chi connectivity index (χ3n) is 2.77. The van der Waals surface area contributed by atoms with E-state index < -0.39 is 11.9 Å². The van der Waals surface area contributed by atoms with Gasteiger partial charge < -0.3 is 14.8 Å². The van der Waals surface area contributed by atoms with E-state index in [4.69, 9.17) is 9.47 Å². The van der Waals surface area contributed by atoms with E-state index in [1.807, 2.05) is 37.3 Å². The zero-order valence-corrected chi connectivity index (χ0v) is 12.6. The van der Waals surface area contributed by atoms with Gasteiger partial charge in [-0.15, -0.1) is 0 Å². The van der Waals surface area contributed by atoms with Gasteiger partial charge in [0.05, 0.1) is 13.2 Å². The standard InChI is InChI=1S/C16H21NO4/c1-4-20-15(18)14(16(19)21-5-2)11-17-12(3)13-9-7-6-8-10-13/h6-12,17H,4-5H2,1-3H3/t12-/m0/s1. The Kier molecular flexibility index (Phi) is 7.01. The predicted octanol–water partition coefficient (Wildman–Crippen LogP) is 2.35. The number of carbonyl (C=O) groups is 2. The highest BCUT2D eigenvalue weighted by Crippen LogP contribution is 2.12. The quantitative estimate of drug-likeness (QED) is 0.361. The van der Waals surface area contributed by atoms with Crippen molar-refractivity contribution in [3.63, 3.8) is 0 Å². The molecule has 0 heterocycles. The second-order valence-corrected chi connectivity index (χ2v) is 4.30. The molecule has 0 fully saturated rings. The fourth-order valence-corrected chi connectivity index (χ4v) is 1.67. The van der Waals surface area contributed by atoms with Gasteiger partial charge in [-0.3, -0.25) is 0 Å². The van der Waals surface area contributed by atoms with E-state index in [2.05, 4.69) is 5.32 Å². The van der Waals surface area contributed by atoms with Gasteiger partial charge in [-0.1, -0.05) is 30.3 Å². The lowest BCUT2D eigenvalue weighted by Gasteiger charge is -2.13. The second-order valence-electron chi connectivity index (χ2n) is 4.30. The maximum atomic E-state index is 11.8. The van der Waals surface area contributed by atoms with Crippen molar-refractivity contribution < 1.29 is 19.1 Å². The molecule has 0 aliphatic rings. The summed E-state index contributed by atoms with van der Waals surface area (Å²) in [7, 11) is 0. The lowest BCUT2D eigenvalue weighted by molar-refractivity contribution is -0.146. The van der Waals surface area contributed by atoms with Crippen LogP contribution in [-0.2, 0) is 19.1 Å². The minimum Gasteiger partial charge on any atom is -0.462 e. The van der Waals surface area contributed by atoms with Crippen LogP contribution in [0.5, 0.6) is 0 Å². The number of esters is 2. The van der Waals surface area contributed by atoms with Crippen LogP contribution in [0.4, 0.5) is 0 Å². The van der Waals surface area contributed by atoms with Crippen molar-refractivity contribution in [3.8, 4) is 0 Å². The van der Waals surface area contributed by atoms with E-state index in [0.717, 1.165) is 5.56 Å². The summed E-state index contributed by atoms with van der Waals surface area (Å²) in [5.74, 6) is -1.38. The minimum absolute atomic E-state index is 0.0509. The molecule has 1 rings (SSSR count). The third-order valence-corrected chi connectivity index (χ3v) is 2.77. The normalized spacial score (nSPS) is 11.2. The summed E-state index contributed by atoms with van der Waals surface area (Å²) in [5, 5.41) is 3.01. The van der Waals surface area contributed by atoms with Crippen molar-refractivity contribution in [2.75, 3.05) is 13.2 Å². The fraction of sp³-hybridized carbons (Fsp3) is 0.375. The maximum Gasteiger partial charge on any atom is 0.347 e. The molecule has 0 radical (unpaired) electrons. The van der Waals surface area contributed by atoms with Crippen molar-refractivity contribution in [1.82, 2.24) is 5.32 Å². The molecule has 0 aromatic heterocycles. The molecular weight excluding hydrogens is 270 g/mol. The Morgan fingerprint density at radius 2 is 1.62 bits per heavy atom. The van der Waals surface area contributed by atoms with Crippen molar-refractivity contribution in [3.05, 3.63) is 47.7 Å². The van der Waals surface area contributed by atoms with Crippen LogP contribution in [0.25, 0.3) is 0 Å². The van der Waals surface area contributed by atoms with Gasteiger partial charge in [0, 0.05) is 12.2 Å². The van der Waals surface area contributed by atoms with Crippen LogP contribution >= 0.6 is 0 Å². The lowest BCUT2D eigenvalue weighted by atomic mass is 10.1. The van der Waals surface area contributed by atoms with E-state index in [1.165, 1.54) is 6.20 Å². The molecule has 114 valence electrons. The summed E-state index contributed by atoms with van der Waals surface area (Å²) in [6.45, 7) is 5.69. The highest BCUT2D eigenvalue weighted by Gasteiger charge is 2.21. The van der Waals surface area contributed by atoms with Crippen LogP contribution in [0.15, 0.2) is 42.1 Å². The van der Waals surface area contributed by atoms with Gasteiger partial charge >= 0.3 is 11.9 Å². The number of hydrogen-bond acceptors (Lipinski definition) is 5. The summed E-state index contributed by atoms with van der Waals surface area (Å²) in [5.41, 5.74) is 0.905. The Balaban J connectivity index is 2.82. The summed E-state index contributed by atoms with van der Waals surface area (Å²) in [6, 6.07) is 9.64. The van der Waals surface area contributed by atoms with Gasteiger partial charge in [-0.05, 0) is 26.3 Å². The molecule has 0 amide bonds. The number of rotatable bonds is 7. The number of benzene rings is 1. The third kappa shape index (κ3) is 5.30. The summed E-state index contributed by atoms with van der Waals surface area (Å²) in [6.07, 6.45) is 1.35. The van der Waals surface area contributed by atoms with E-state index in [9.17, 15) is 9.59 Å². The van der Waals surface area contributed by atoms with Crippen LogP contribution in [0.3, 0.4) is 0 Å². The monoisotopic (exact) mass is 291 g/mol. The molecular formula is C16H21NO4. The maximum absolute atomic E-state index is 11.8. The van der Waals surface area contributed by atoms with Gasteiger partial charge in [0.25, 0.3) is 0 Å². The molecule has 0 saturated carbocycles. The molecule has 1 aromatic carbocycles. The molecule has 1 atom stereocenters. The lowest BCUT2D eigenvalue weighted by Crippen LogP contribution is -2.22. The molecule has 0 saturated heterocycles. The Bertz CT molecular complexity index is 476. The van der Waals surface area contributed by atoms with Gasteiger partial charge in [-0.2, -0.15) is 0 Å². The van der Waals surface area contributed by atoms with Crippen LogP contribution in [0.1, 0.15) is 32.4 Å². The highest BCUT2D eigenvalue weighted by atomic mass is 16.6. The largest absolute Gasteiger partial charge is 0.462 e. The Hall–Kier alpha value is -2.30. The first-order valence-electron chi connectivity index (χ1n) is 6.95. The number of carbonyl (C=O) groups excluding carboxylic acids is 2. The molecule has 0 bridgehead atoms. The zero-order chi connectivity index (χ0) is 15.7. The second kappa shape index (κ2) is 8.79. The molecule has 0 spiro atoms. The smallest absolute Gasteiger partial charge is 0.347 e. The zero-order valence-electron chi connectivity index (χ0n) is 12.6. The van der Waals surface area contributed by atoms with E-state index in [1.54, 1.807) is 13.8 Å². The summed E-state index contributed by atoms with van der Waals surface area (Å²) >= 11 is 0. The first-order valence-corrected chi connectivity index (χ1v) is 6.95. The Labute approximate surface area is 124 Å². The number of nitrogens with one attached hydrogen (secondary N) is 1. The van der Waals surface area contributed by atoms with E-state index >= 15 is 0 Å². The van der Waals surface area contributed by atoms with E-state index in [-0.39, 0.29) is 24.8 Å². The Morgan fingerprint density at radius 3 is 2.10 bits per heavy atom. The van der Waals surface area contributed by atoms with Crippen molar-refractivity contribution in [1.29, 1.82) is 0 Å². The topological polar surface area (TPSA) is 64.6 Å². The van der Waals surface area contributed by atoms with Gasteiger partial charge in [0.1, 0.15) is 0 Å². The van der Waals surface area contributed by atoms with Crippen LogP contribution < -0.4 is 5.32 Å². The van der Waals surface area contributed by atoms with Gasteiger partial charge in [-0.25, -0.2) is 9.59 Å². The fourth-order valence-electron chi connectivity index (χ4n) is 1.67. The number of ether oxygens (including phenoxy) is 2. The SMILES string of the molecule is CCOC(=O)C(=CN[C@@H](C)c1ccccc1)C(=O)OCC.